The molecule has 0 amide bonds. The molecule has 0 aromatic rings. The summed E-state index contributed by atoms with van der Waals surface area (Å²) in [6, 6.07) is 0.333. The summed E-state index contributed by atoms with van der Waals surface area (Å²) in [5.74, 6) is 2.06. The molecule has 1 fully saturated rings. The lowest BCUT2D eigenvalue weighted by atomic mass is 9.89. The third-order valence-corrected chi connectivity index (χ3v) is 4.96. The molecular formula is C13H27NS. The Hall–Kier alpha value is 0.310. The highest BCUT2D eigenvalue weighted by Crippen LogP contribution is 2.33. The number of hydrogen-bond donors (Lipinski definition) is 1. The highest BCUT2D eigenvalue weighted by Gasteiger charge is 2.24. The summed E-state index contributed by atoms with van der Waals surface area (Å²) >= 11 is 2.11. The zero-order chi connectivity index (χ0) is 11.5. The van der Waals surface area contributed by atoms with Crippen molar-refractivity contribution in [1.82, 2.24) is 0 Å². The van der Waals surface area contributed by atoms with Gasteiger partial charge in [0.25, 0.3) is 0 Å². The lowest BCUT2D eigenvalue weighted by Gasteiger charge is -2.31. The molecule has 2 heteroatoms. The van der Waals surface area contributed by atoms with E-state index in [0.29, 0.717) is 6.04 Å². The van der Waals surface area contributed by atoms with Crippen molar-refractivity contribution in [3.05, 3.63) is 0 Å². The maximum Gasteiger partial charge on any atom is 0.0179 e. The second kappa shape index (κ2) is 5.58. The van der Waals surface area contributed by atoms with Crippen LogP contribution < -0.4 is 5.73 Å². The van der Waals surface area contributed by atoms with Crippen molar-refractivity contribution in [3.8, 4) is 0 Å². The summed E-state index contributed by atoms with van der Waals surface area (Å²) in [6.07, 6.45) is 5.67. The lowest BCUT2D eigenvalue weighted by Crippen LogP contribution is -2.37. The maximum atomic E-state index is 6.18. The Balaban J connectivity index is 2.24. The van der Waals surface area contributed by atoms with Gasteiger partial charge < -0.3 is 5.73 Å². The van der Waals surface area contributed by atoms with Gasteiger partial charge in [-0.05, 0) is 24.2 Å². The average molecular weight is 229 g/mol. The lowest BCUT2D eigenvalue weighted by molar-refractivity contribution is 0.342. The van der Waals surface area contributed by atoms with Crippen molar-refractivity contribution >= 4 is 11.8 Å². The quantitative estimate of drug-likeness (QED) is 0.799. The third-order valence-electron chi connectivity index (χ3n) is 3.51. The van der Waals surface area contributed by atoms with Crippen LogP contribution in [0.1, 0.15) is 53.4 Å². The largest absolute Gasteiger partial charge is 0.326 e. The summed E-state index contributed by atoms with van der Waals surface area (Å²) in [6.45, 7) is 9.10. The number of nitrogens with two attached hydrogens (primary N) is 1. The zero-order valence-electron chi connectivity index (χ0n) is 10.8. The number of rotatable bonds is 3. The molecule has 15 heavy (non-hydrogen) atoms. The average Bonchev–Trinajstić information content (AvgIpc) is 2.12. The van der Waals surface area contributed by atoms with Gasteiger partial charge in [-0.1, -0.05) is 40.5 Å². The second-order valence-electron chi connectivity index (χ2n) is 6.20. The predicted octanol–water partition coefficient (Wildman–Crippen LogP) is 3.67. The van der Waals surface area contributed by atoms with Crippen molar-refractivity contribution in [1.29, 1.82) is 0 Å². The van der Waals surface area contributed by atoms with E-state index in [-0.39, 0.29) is 5.41 Å². The van der Waals surface area contributed by atoms with Gasteiger partial charge in [0, 0.05) is 17.0 Å². The summed E-state index contributed by atoms with van der Waals surface area (Å²) in [4.78, 5) is 0. The van der Waals surface area contributed by atoms with E-state index in [1.165, 1.54) is 25.7 Å². The van der Waals surface area contributed by atoms with E-state index < -0.39 is 0 Å². The Bertz CT molecular complexity index is 185. The molecular weight excluding hydrogens is 202 g/mol. The molecule has 1 aliphatic rings. The molecule has 1 aliphatic carbocycles. The van der Waals surface area contributed by atoms with Gasteiger partial charge >= 0.3 is 0 Å². The molecule has 1 rings (SSSR count). The highest BCUT2D eigenvalue weighted by atomic mass is 32.2. The Morgan fingerprint density at radius 1 is 1.33 bits per heavy atom. The smallest absolute Gasteiger partial charge is 0.0179 e. The van der Waals surface area contributed by atoms with Crippen LogP contribution in [0.15, 0.2) is 0 Å². The first-order chi connectivity index (χ1) is 6.89. The van der Waals surface area contributed by atoms with Gasteiger partial charge in [-0.25, -0.2) is 0 Å². The van der Waals surface area contributed by atoms with E-state index in [1.807, 2.05) is 0 Å². The van der Waals surface area contributed by atoms with Crippen LogP contribution >= 0.6 is 11.8 Å². The molecule has 0 aliphatic heterocycles. The first kappa shape index (κ1) is 13.4. The van der Waals surface area contributed by atoms with Gasteiger partial charge in [-0.15, -0.1) is 0 Å². The van der Waals surface area contributed by atoms with Gasteiger partial charge in [0.15, 0.2) is 0 Å². The maximum absolute atomic E-state index is 6.18. The minimum absolute atomic E-state index is 0.257. The molecule has 0 aromatic heterocycles. The van der Waals surface area contributed by atoms with Crippen molar-refractivity contribution in [2.45, 2.75) is 64.7 Å². The van der Waals surface area contributed by atoms with Crippen LogP contribution in [0.4, 0.5) is 0 Å². The van der Waals surface area contributed by atoms with Crippen LogP contribution in [0.2, 0.25) is 0 Å². The molecule has 0 spiro atoms. The van der Waals surface area contributed by atoms with Gasteiger partial charge in [-0.2, -0.15) is 11.8 Å². The van der Waals surface area contributed by atoms with Crippen LogP contribution in [0.3, 0.4) is 0 Å². The van der Waals surface area contributed by atoms with Crippen molar-refractivity contribution in [2.75, 3.05) is 5.75 Å². The number of thioether (sulfide) groups is 1. The minimum atomic E-state index is 0.257. The topological polar surface area (TPSA) is 26.0 Å². The van der Waals surface area contributed by atoms with E-state index in [0.717, 1.165) is 16.9 Å². The van der Waals surface area contributed by atoms with Crippen molar-refractivity contribution in [2.24, 2.45) is 17.1 Å². The van der Waals surface area contributed by atoms with Gasteiger partial charge in [0.2, 0.25) is 0 Å². The first-order valence-electron chi connectivity index (χ1n) is 6.26. The zero-order valence-corrected chi connectivity index (χ0v) is 11.6. The highest BCUT2D eigenvalue weighted by molar-refractivity contribution is 7.99. The molecule has 0 heterocycles. The summed E-state index contributed by atoms with van der Waals surface area (Å²) in [5, 5.41) is 0.877. The van der Waals surface area contributed by atoms with Gasteiger partial charge in [0.05, 0.1) is 0 Å². The predicted molar refractivity (Wildman–Crippen MR) is 71.3 cm³/mol. The van der Waals surface area contributed by atoms with Crippen molar-refractivity contribution in [3.63, 3.8) is 0 Å². The fourth-order valence-electron chi connectivity index (χ4n) is 2.02. The molecule has 0 saturated heterocycles. The standard InChI is InChI=1S/C13H27NS/c1-10-6-5-7-11(8-10)15-9-12(14)13(2,3)4/h10-12H,5-9,14H2,1-4H3. The van der Waals surface area contributed by atoms with E-state index in [4.69, 9.17) is 5.73 Å². The SMILES string of the molecule is CC1CCCC(SCC(N)C(C)(C)C)C1. The van der Waals surface area contributed by atoms with E-state index >= 15 is 0 Å². The normalized spacial score (nSPS) is 30.2. The van der Waals surface area contributed by atoms with Crippen molar-refractivity contribution < 1.29 is 0 Å². The summed E-state index contributed by atoms with van der Waals surface area (Å²) < 4.78 is 0. The van der Waals surface area contributed by atoms with Crippen LogP contribution in [-0.2, 0) is 0 Å². The molecule has 90 valence electrons. The first-order valence-corrected chi connectivity index (χ1v) is 7.31. The van der Waals surface area contributed by atoms with E-state index in [9.17, 15) is 0 Å². The molecule has 1 nitrogen and oxygen atoms in total. The van der Waals surface area contributed by atoms with Crippen LogP contribution in [0.25, 0.3) is 0 Å². The monoisotopic (exact) mass is 229 g/mol. The van der Waals surface area contributed by atoms with Crippen LogP contribution in [0, 0.1) is 11.3 Å². The fourth-order valence-corrected chi connectivity index (χ4v) is 3.80. The Morgan fingerprint density at radius 3 is 2.53 bits per heavy atom. The third kappa shape index (κ3) is 4.78. The molecule has 3 unspecified atom stereocenters. The summed E-state index contributed by atoms with van der Waals surface area (Å²) in [5.41, 5.74) is 6.44. The van der Waals surface area contributed by atoms with E-state index in [1.54, 1.807) is 0 Å². The fraction of sp³-hybridized carbons (Fsp3) is 1.00. The Morgan fingerprint density at radius 2 is 2.00 bits per heavy atom. The Labute approximate surface area is 99.6 Å². The van der Waals surface area contributed by atoms with Crippen LogP contribution in [-0.4, -0.2) is 17.0 Å². The van der Waals surface area contributed by atoms with Crippen LogP contribution in [0.5, 0.6) is 0 Å². The second-order valence-corrected chi connectivity index (χ2v) is 7.53. The van der Waals surface area contributed by atoms with E-state index in [2.05, 4.69) is 39.5 Å². The molecule has 1 saturated carbocycles. The van der Waals surface area contributed by atoms with Gasteiger partial charge in [-0.3, -0.25) is 0 Å². The number of hydrogen-bond acceptors (Lipinski definition) is 2. The Kier molecular flexibility index (Phi) is 4.98. The molecule has 2 N–H and O–H groups in total. The summed E-state index contributed by atoms with van der Waals surface area (Å²) in [7, 11) is 0. The molecule has 0 radical (unpaired) electrons. The molecule has 0 aromatic carbocycles. The molecule has 0 bridgehead atoms. The molecule has 3 atom stereocenters. The van der Waals surface area contributed by atoms with Gasteiger partial charge in [0.1, 0.15) is 0 Å². The minimum Gasteiger partial charge on any atom is -0.326 e.